The summed E-state index contributed by atoms with van der Waals surface area (Å²) in [6.07, 6.45) is 0. The number of hydrogen-bond donors (Lipinski definition) is 1. The molecule has 2 rings (SSSR count). The molecule has 0 bridgehead atoms. The first-order chi connectivity index (χ1) is 8.20. The van der Waals surface area contributed by atoms with E-state index in [9.17, 15) is 0 Å². The molecule has 1 aliphatic rings. The minimum absolute atomic E-state index is 0.320. The van der Waals surface area contributed by atoms with Crippen LogP contribution in [0.25, 0.3) is 0 Å². The van der Waals surface area contributed by atoms with E-state index in [0.717, 1.165) is 31.2 Å². The van der Waals surface area contributed by atoms with Gasteiger partial charge in [0.2, 0.25) is 0 Å². The van der Waals surface area contributed by atoms with E-state index in [1.165, 1.54) is 5.56 Å². The van der Waals surface area contributed by atoms with Crippen LogP contribution in [-0.2, 0) is 0 Å². The van der Waals surface area contributed by atoms with Gasteiger partial charge in [-0.25, -0.2) is 0 Å². The van der Waals surface area contributed by atoms with Gasteiger partial charge in [0, 0.05) is 43.8 Å². The summed E-state index contributed by atoms with van der Waals surface area (Å²) in [5, 5.41) is 0.780. The Morgan fingerprint density at radius 1 is 1.18 bits per heavy atom. The highest BCUT2D eigenvalue weighted by atomic mass is 35.5. The van der Waals surface area contributed by atoms with Crippen molar-refractivity contribution in [3.05, 3.63) is 34.9 Å². The third-order valence-corrected chi connectivity index (χ3v) is 3.71. The van der Waals surface area contributed by atoms with Crippen molar-refractivity contribution in [2.75, 3.05) is 39.8 Å². The van der Waals surface area contributed by atoms with Gasteiger partial charge >= 0.3 is 0 Å². The Morgan fingerprint density at radius 3 is 2.29 bits per heavy atom. The minimum atomic E-state index is 0.320. The summed E-state index contributed by atoms with van der Waals surface area (Å²) in [5.41, 5.74) is 7.19. The first kappa shape index (κ1) is 12.8. The second-order valence-electron chi connectivity index (χ2n) is 4.64. The number of rotatable bonds is 3. The number of hydrogen-bond acceptors (Lipinski definition) is 3. The van der Waals surface area contributed by atoms with E-state index in [0.29, 0.717) is 12.6 Å². The average Bonchev–Trinajstić information content (AvgIpc) is 2.35. The van der Waals surface area contributed by atoms with Crippen LogP contribution in [0.5, 0.6) is 0 Å². The Balaban J connectivity index is 2.08. The molecule has 0 radical (unpaired) electrons. The molecule has 0 spiro atoms. The van der Waals surface area contributed by atoms with E-state index < -0.39 is 0 Å². The van der Waals surface area contributed by atoms with E-state index in [1.54, 1.807) is 0 Å². The zero-order valence-electron chi connectivity index (χ0n) is 10.3. The maximum Gasteiger partial charge on any atom is 0.0471 e. The minimum Gasteiger partial charge on any atom is -0.329 e. The van der Waals surface area contributed by atoms with Gasteiger partial charge in [0.1, 0.15) is 0 Å². The Bertz CT molecular complexity index is 344. The van der Waals surface area contributed by atoms with Gasteiger partial charge in [-0.2, -0.15) is 0 Å². The van der Waals surface area contributed by atoms with E-state index in [-0.39, 0.29) is 0 Å². The van der Waals surface area contributed by atoms with Gasteiger partial charge in [-0.3, -0.25) is 4.90 Å². The van der Waals surface area contributed by atoms with Crippen molar-refractivity contribution >= 4 is 11.6 Å². The molecule has 0 aliphatic carbocycles. The van der Waals surface area contributed by atoms with Crippen LogP contribution < -0.4 is 5.73 Å². The topological polar surface area (TPSA) is 32.5 Å². The first-order valence-electron chi connectivity index (χ1n) is 6.09. The highest BCUT2D eigenvalue weighted by Gasteiger charge is 2.22. The second-order valence-corrected chi connectivity index (χ2v) is 5.08. The Labute approximate surface area is 108 Å². The Kier molecular flexibility index (Phi) is 4.40. The van der Waals surface area contributed by atoms with Crippen LogP contribution >= 0.6 is 11.6 Å². The second kappa shape index (κ2) is 5.83. The summed E-state index contributed by atoms with van der Waals surface area (Å²) in [6.45, 7) is 5.06. The van der Waals surface area contributed by atoms with Gasteiger partial charge < -0.3 is 10.6 Å². The summed E-state index contributed by atoms with van der Waals surface area (Å²) in [5.74, 6) is 0. The van der Waals surface area contributed by atoms with Gasteiger partial charge in [0.25, 0.3) is 0 Å². The normalized spacial score (nSPS) is 20.4. The molecule has 1 heterocycles. The maximum atomic E-state index is 5.92. The predicted octanol–water partition coefficient (Wildman–Crippen LogP) is 1.59. The fraction of sp³-hybridized carbons (Fsp3) is 0.538. The third-order valence-electron chi connectivity index (χ3n) is 3.46. The summed E-state index contributed by atoms with van der Waals surface area (Å²) in [7, 11) is 2.16. The molecule has 3 nitrogen and oxygen atoms in total. The fourth-order valence-corrected chi connectivity index (χ4v) is 2.44. The summed E-state index contributed by atoms with van der Waals surface area (Å²) in [4.78, 5) is 4.81. The molecule has 1 atom stereocenters. The zero-order valence-corrected chi connectivity index (χ0v) is 11.0. The van der Waals surface area contributed by atoms with Crippen LogP contribution in [0.3, 0.4) is 0 Å². The SMILES string of the molecule is CN1CCN([C@@H](CN)c2ccc(Cl)cc2)CC1. The van der Waals surface area contributed by atoms with Gasteiger partial charge in [-0.15, -0.1) is 0 Å². The van der Waals surface area contributed by atoms with E-state index in [4.69, 9.17) is 17.3 Å². The maximum absolute atomic E-state index is 5.92. The molecule has 94 valence electrons. The zero-order chi connectivity index (χ0) is 12.3. The molecule has 2 N–H and O–H groups in total. The van der Waals surface area contributed by atoms with Crippen LogP contribution in [0, 0.1) is 0 Å². The van der Waals surface area contributed by atoms with Gasteiger partial charge in [-0.05, 0) is 24.7 Å². The van der Waals surface area contributed by atoms with Crippen molar-refractivity contribution in [1.82, 2.24) is 9.80 Å². The lowest BCUT2D eigenvalue weighted by atomic mass is 10.0. The molecule has 1 aromatic carbocycles. The molecule has 1 aromatic rings. The quantitative estimate of drug-likeness (QED) is 0.888. The smallest absolute Gasteiger partial charge is 0.0471 e. The van der Waals surface area contributed by atoms with Gasteiger partial charge in [-0.1, -0.05) is 23.7 Å². The van der Waals surface area contributed by atoms with Crippen LogP contribution in [0.4, 0.5) is 0 Å². The third kappa shape index (κ3) is 3.19. The number of piperazine rings is 1. The van der Waals surface area contributed by atoms with E-state index in [2.05, 4.69) is 29.0 Å². The van der Waals surface area contributed by atoms with Gasteiger partial charge in [0.15, 0.2) is 0 Å². The number of likely N-dealkylation sites (N-methyl/N-ethyl adjacent to an activating group) is 1. The number of nitrogens with two attached hydrogens (primary N) is 1. The van der Waals surface area contributed by atoms with Crippen molar-refractivity contribution in [2.45, 2.75) is 6.04 Å². The lowest BCUT2D eigenvalue weighted by Crippen LogP contribution is -2.47. The van der Waals surface area contributed by atoms with Crippen molar-refractivity contribution in [3.8, 4) is 0 Å². The van der Waals surface area contributed by atoms with Crippen LogP contribution in [0.15, 0.2) is 24.3 Å². The lowest BCUT2D eigenvalue weighted by Gasteiger charge is -2.37. The molecule has 0 aromatic heterocycles. The molecule has 1 aliphatic heterocycles. The van der Waals surface area contributed by atoms with Crippen molar-refractivity contribution in [2.24, 2.45) is 5.73 Å². The largest absolute Gasteiger partial charge is 0.329 e. The fourth-order valence-electron chi connectivity index (χ4n) is 2.31. The highest BCUT2D eigenvalue weighted by Crippen LogP contribution is 2.22. The molecular weight excluding hydrogens is 234 g/mol. The molecule has 0 saturated carbocycles. The van der Waals surface area contributed by atoms with Gasteiger partial charge in [0.05, 0.1) is 0 Å². The molecule has 1 fully saturated rings. The van der Waals surface area contributed by atoms with Crippen molar-refractivity contribution in [3.63, 3.8) is 0 Å². The Hall–Kier alpha value is -0.610. The summed E-state index contributed by atoms with van der Waals surface area (Å²) >= 11 is 5.91. The molecular formula is C13H20ClN3. The first-order valence-corrected chi connectivity index (χ1v) is 6.46. The Morgan fingerprint density at radius 2 is 1.76 bits per heavy atom. The molecule has 0 unspecified atom stereocenters. The lowest BCUT2D eigenvalue weighted by molar-refractivity contribution is 0.114. The predicted molar refractivity (Wildman–Crippen MR) is 72.3 cm³/mol. The highest BCUT2D eigenvalue weighted by molar-refractivity contribution is 6.30. The van der Waals surface area contributed by atoms with E-state index >= 15 is 0 Å². The summed E-state index contributed by atoms with van der Waals surface area (Å²) in [6, 6.07) is 8.36. The molecule has 17 heavy (non-hydrogen) atoms. The molecule has 1 saturated heterocycles. The number of nitrogens with zero attached hydrogens (tertiary/aromatic N) is 2. The monoisotopic (exact) mass is 253 g/mol. The van der Waals surface area contributed by atoms with Crippen molar-refractivity contribution in [1.29, 1.82) is 0 Å². The number of halogens is 1. The van der Waals surface area contributed by atoms with Crippen LogP contribution in [0.2, 0.25) is 5.02 Å². The number of benzene rings is 1. The van der Waals surface area contributed by atoms with Crippen LogP contribution in [0.1, 0.15) is 11.6 Å². The standard InChI is InChI=1S/C13H20ClN3/c1-16-6-8-17(9-7-16)13(10-15)11-2-4-12(14)5-3-11/h2-5,13H,6-10,15H2,1H3/t13-/m0/s1. The molecule has 0 amide bonds. The summed E-state index contributed by atoms with van der Waals surface area (Å²) < 4.78 is 0. The molecule has 4 heteroatoms. The van der Waals surface area contributed by atoms with E-state index in [1.807, 2.05) is 12.1 Å². The van der Waals surface area contributed by atoms with Crippen molar-refractivity contribution < 1.29 is 0 Å². The van der Waals surface area contributed by atoms with Crippen LogP contribution in [-0.4, -0.2) is 49.6 Å². The average molecular weight is 254 g/mol.